The monoisotopic (exact) mass is 195 g/mol. The second-order valence-corrected chi connectivity index (χ2v) is 3.67. The number of hydrogen-bond acceptors (Lipinski definition) is 1. The molecular weight excluding hydrogens is 179 g/mol. The van der Waals surface area contributed by atoms with Crippen LogP contribution in [-0.2, 0) is 0 Å². The minimum absolute atomic E-state index is 0.238. The van der Waals surface area contributed by atoms with Crippen LogP contribution in [0.4, 0.5) is 13.2 Å². The van der Waals surface area contributed by atoms with E-state index >= 15 is 0 Å². The van der Waals surface area contributed by atoms with Crippen molar-refractivity contribution < 1.29 is 13.2 Å². The molecule has 1 saturated carbocycles. The van der Waals surface area contributed by atoms with Gasteiger partial charge in [-0.15, -0.1) is 0 Å². The Kier molecular flexibility index (Phi) is 3.59. The summed E-state index contributed by atoms with van der Waals surface area (Å²) in [6, 6.07) is -1.29. The largest absolute Gasteiger partial charge is 0.403 e. The molecule has 1 N–H and O–H groups in total. The summed E-state index contributed by atoms with van der Waals surface area (Å²) in [5.41, 5.74) is 0. The summed E-state index contributed by atoms with van der Waals surface area (Å²) >= 11 is 0. The molecule has 0 spiro atoms. The summed E-state index contributed by atoms with van der Waals surface area (Å²) in [7, 11) is 0. The Morgan fingerprint density at radius 3 is 2.38 bits per heavy atom. The molecule has 1 fully saturated rings. The van der Waals surface area contributed by atoms with Crippen LogP contribution in [-0.4, -0.2) is 18.8 Å². The average molecular weight is 195 g/mol. The molecule has 0 bridgehead atoms. The topological polar surface area (TPSA) is 12.0 Å². The van der Waals surface area contributed by atoms with Gasteiger partial charge in [0.05, 0.1) is 0 Å². The van der Waals surface area contributed by atoms with Crippen molar-refractivity contribution in [2.45, 2.75) is 44.8 Å². The van der Waals surface area contributed by atoms with E-state index in [1.54, 1.807) is 6.92 Å². The molecule has 1 nitrogen and oxygen atoms in total. The summed E-state index contributed by atoms with van der Waals surface area (Å²) in [6.45, 7) is 2.09. The fraction of sp³-hybridized carbons (Fsp3) is 1.00. The van der Waals surface area contributed by atoms with Gasteiger partial charge in [0, 0.05) is 0 Å². The van der Waals surface area contributed by atoms with Crippen LogP contribution in [0.15, 0.2) is 0 Å². The Labute approximate surface area is 76.7 Å². The van der Waals surface area contributed by atoms with E-state index in [0.717, 1.165) is 19.3 Å². The summed E-state index contributed by atoms with van der Waals surface area (Å²) in [5.74, 6) is 0.573. The first-order valence-corrected chi connectivity index (χ1v) is 4.84. The van der Waals surface area contributed by atoms with Gasteiger partial charge in [-0.25, -0.2) is 0 Å². The molecule has 1 rings (SSSR count). The summed E-state index contributed by atoms with van der Waals surface area (Å²) in [6.07, 6.45) is -0.877. The van der Waals surface area contributed by atoms with Crippen molar-refractivity contribution in [1.29, 1.82) is 0 Å². The van der Waals surface area contributed by atoms with E-state index in [1.807, 2.05) is 0 Å². The van der Waals surface area contributed by atoms with E-state index in [4.69, 9.17) is 0 Å². The molecule has 0 saturated heterocycles. The lowest BCUT2D eigenvalue weighted by Gasteiger charge is -2.20. The van der Waals surface area contributed by atoms with Crippen molar-refractivity contribution in [3.63, 3.8) is 0 Å². The fourth-order valence-electron chi connectivity index (χ4n) is 1.44. The van der Waals surface area contributed by atoms with E-state index in [1.165, 1.54) is 0 Å². The van der Waals surface area contributed by atoms with E-state index in [-0.39, 0.29) is 6.42 Å². The van der Waals surface area contributed by atoms with Crippen molar-refractivity contribution >= 4 is 0 Å². The van der Waals surface area contributed by atoms with E-state index in [2.05, 4.69) is 5.32 Å². The number of nitrogens with one attached hydrogen (secondary N) is 1. The lowest BCUT2D eigenvalue weighted by molar-refractivity contribution is -0.157. The van der Waals surface area contributed by atoms with Crippen LogP contribution in [0.3, 0.4) is 0 Å². The first-order chi connectivity index (χ1) is 6.04. The van der Waals surface area contributed by atoms with Crippen LogP contribution in [0.1, 0.15) is 32.6 Å². The Hall–Kier alpha value is -0.250. The van der Waals surface area contributed by atoms with Crippen molar-refractivity contribution in [2.75, 3.05) is 6.54 Å². The lowest BCUT2D eigenvalue weighted by Crippen LogP contribution is -2.42. The highest BCUT2D eigenvalue weighted by Crippen LogP contribution is 2.35. The number of halogens is 3. The first kappa shape index (κ1) is 10.8. The summed E-state index contributed by atoms with van der Waals surface area (Å²) in [4.78, 5) is 0. The molecule has 78 valence electrons. The van der Waals surface area contributed by atoms with Crippen LogP contribution in [0.25, 0.3) is 0 Å². The van der Waals surface area contributed by atoms with Gasteiger partial charge < -0.3 is 5.32 Å². The van der Waals surface area contributed by atoms with Gasteiger partial charge in [0.1, 0.15) is 6.04 Å². The van der Waals surface area contributed by atoms with Gasteiger partial charge in [-0.1, -0.05) is 19.8 Å². The van der Waals surface area contributed by atoms with Gasteiger partial charge >= 0.3 is 6.18 Å². The molecule has 0 aliphatic heterocycles. The minimum Gasteiger partial charge on any atom is -0.306 e. The normalized spacial score (nSPS) is 20.3. The molecule has 1 aliphatic rings. The Balaban J connectivity index is 2.27. The quantitative estimate of drug-likeness (QED) is 0.711. The van der Waals surface area contributed by atoms with Crippen molar-refractivity contribution in [3.8, 4) is 0 Å². The standard InChI is InChI=1S/C9H16F3N/c1-2-13-8(9(10,11)12)6-5-7-3-4-7/h7-8,13H,2-6H2,1H3. The van der Waals surface area contributed by atoms with Gasteiger partial charge in [-0.3, -0.25) is 0 Å². The maximum Gasteiger partial charge on any atom is 0.403 e. The Morgan fingerprint density at radius 2 is 2.00 bits per heavy atom. The van der Waals surface area contributed by atoms with Gasteiger partial charge in [-0.2, -0.15) is 13.2 Å². The molecule has 0 radical (unpaired) electrons. The molecule has 4 heteroatoms. The summed E-state index contributed by atoms with van der Waals surface area (Å²) < 4.78 is 36.9. The SMILES string of the molecule is CCNC(CCC1CC1)C(F)(F)F. The Bertz CT molecular complexity index is 151. The van der Waals surface area contributed by atoms with Gasteiger partial charge in [-0.05, 0) is 25.3 Å². The van der Waals surface area contributed by atoms with E-state index in [0.29, 0.717) is 12.5 Å². The Morgan fingerprint density at radius 1 is 1.38 bits per heavy atom. The minimum atomic E-state index is -4.08. The number of alkyl halides is 3. The maximum absolute atomic E-state index is 12.3. The van der Waals surface area contributed by atoms with Crippen LogP contribution in [0.5, 0.6) is 0 Å². The highest BCUT2D eigenvalue weighted by Gasteiger charge is 2.39. The smallest absolute Gasteiger partial charge is 0.306 e. The average Bonchev–Trinajstić information content (AvgIpc) is 2.78. The third-order valence-corrected chi connectivity index (χ3v) is 2.41. The molecule has 1 aliphatic carbocycles. The van der Waals surface area contributed by atoms with Gasteiger partial charge in [0.2, 0.25) is 0 Å². The second kappa shape index (κ2) is 4.31. The number of rotatable bonds is 5. The highest BCUT2D eigenvalue weighted by molar-refractivity contribution is 4.80. The first-order valence-electron chi connectivity index (χ1n) is 4.84. The van der Waals surface area contributed by atoms with E-state index < -0.39 is 12.2 Å². The summed E-state index contributed by atoms with van der Waals surface area (Å²) in [5, 5.41) is 2.48. The van der Waals surface area contributed by atoms with Crippen LogP contribution in [0.2, 0.25) is 0 Å². The van der Waals surface area contributed by atoms with Crippen molar-refractivity contribution in [3.05, 3.63) is 0 Å². The van der Waals surface area contributed by atoms with Crippen molar-refractivity contribution in [2.24, 2.45) is 5.92 Å². The highest BCUT2D eigenvalue weighted by atomic mass is 19.4. The molecule has 0 aromatic rings. The predicted molar refractivity (Wildman–Crippen MR) is 45.5 cm³/mol. The van der Waals surface area contributed by atoms with Crippen LogP contribution < -0.4 is 5.32 Å². The zero-order valence-corrected chi connectivity index (χ0v) is 7.82. The second-order valence-electron chi connectivity index (χ2n) is 3.67. The third-order valence-electron chi connectivity index (χ3n) is 2.41. The molecule has 0 aromatic heterocycles. The molecular formula is C9H16F3N. The van der Waals surface area contributed by atoms with Crippen LogP contribution >= 0.6 is 0 Å². The molecule has 0 amide bonds. The predicted octanol–water partition coefficient (Wildman–Crippen LogP) is 2.72. The van der Waals surface area contributed by atoms with Gasteiger partial charge in [0.25, 0.3) is 0 Å². The third kappa shape index (κ3) is 3.98. The zero-order valence-electron chi connectivity index (χ0n) is 7.82. The molecule has 1 atom stereocenters. The number of hydrogen-bond donors (Lipinski definition) is 1. The molecule has 13 heavy (non-hydrogen) atoms. The molecule has 1 unspecified atom stereocenters. The van der Waals surface area contributed by atoms with E-state index in [9.17, 15) is 13.2 Å². The molecule has 0 aromatic carbocycles. The lowest BCUT2D eigenvalue weighted by atomic mass is 10.1. The zero-order chi connectivity index (χ0) is 9.90. The van der Waals surface area contributed by atoms with Gasteiger partial charge in [0.15, 0.2) is 0 Å². The van der Waals surface area contributed by atoms with Crippen LogP contribution in [0, 0.1) is 5.92 Å². The van der Waals surface area contributed by atoms with Crippen molar-refractivity contribution in [1.82, 2.24) is 5.32 Å². The maximum atomic E-state index is 12.3. The molecule has 0 heterocycles. The fourth-order valence-corrected chi connectivity index (χ4v) is 1.44.